The number of rotatable bonds is 7. The fourth-order valence-corrected chi connectivity index (χ4v) is 4.61. The molecule has 1 aromatic carbocycles. The van der Waals surface area contributed by atoms with Crippen molar-refractivity contribution < 1.29 is 4.21 Å². The second-order valence-corrected chi connectivity index (χ2v) is 8.50. The van der Waals surface area contributed by atoms with E-state index in [1.807, 2.05) is 19.0 Å². The molecule has 4 rings (SSSR count). The predicted octanol–water partition coefficient (Wildman–Crippen LogP) is 1.70. The van der Waals surface area contributed by atoms with Gasteiger partial charge < -0.3 is 10.2 Å². The smallest absolute Gasteiger partial charge is 0.247 e. The number of H-pyrrole nitrogens is 1. The Morgan fingerprint density at radius 2 is 1.85 bits per heavy atom. The molecule has 0 radical (unpaired) electrons. The second kappa shape index (κ2) is 7.46. The number of anilines is 2. The summed E-state index contributed by atoms with van der Waals surface area (Å²) in [5, 5.41) is 10.8. The maximum atomic E-state index is 12.3. The number of benzene rings is 1. The fourth-order valence-electron chi connectivity index (χ4n) is 3.90. The normalized spacial score (nSPS) is 16.7. The van der Waals surface area contributed by atoms with Gasteiger partial charge in [0.1, 0.15) is 0 Å². The minimum absolute atomic E-state index is 0.357. The Balaban J connectivity index is 1.51. The van der Waals surface area contributed by atoms with Crippen molar-refractivity contribution in [3.8, 4) is 0 Å². The molecule has 26 heavy (non-hydrogen) atoms. The van der Waals surface area contributed by atoms with Crippen LogP contribution in [-0.4, -0.2) is 51.5 Å². The third kappa shape index (κ3) is 3.54. The first-order chi connectivity index (χ1) is 12.6. The summed E-state index contributed by atoms with van der Waals surface area (Å²) in [5.74, 6) is 0.497. The number of fused-ring (bicyclic) bond motifs is 2. The summed E-state index contributed by atoms with van der Waals surface area (Å²) in [5.41, 5.74) is 6.98. The summed E-state index contributed by atoms with van der Waals surface area (Å²) in [6.07, 6.45) is 6.98. The maximum absolute atomic E-state index is 12.3. The lowest BCUT2D eigenvalue weighted by Gasteiger charge is -2.15. The highest BCUT2D eigenvalue weighted by molar-refractivity contribution is 7.82. The summed E-state index contributed by atoms with van der Waals surface area (Å²) in [6.45, 7) is 1.44. The molecule has 1 unspecified atom stereocenters. The standard InChI is InChI=1S/C18H26N6OS/c1-24(2)10-9-19-26(25)18-21-17(22-23-18)20-16-14-7-3-5-12(14)11-13-6-4-8-15(13)16/h11,19H,3-10H2,1-2H3,(H2,20,21,22,23). The van der Waals surface area contributed by atoms with Gasteiger partial charge in [-0.1, -0.05) is 6.07 Å². The van der Waals surface area contributed by atoms with Crippen LogP contribution in [0.3, 0.4) is 0 Å². The molecule has 0 fully saturated rings. The molecule has 7 nitrogen and oxygen atoms in total. The quantitative estimate of drug-likeness (QED) is 0.687. The van der Waals surface area contributed by atoms with Crippen LogP contribution in [0, 0.1) is 0 Å². The first-order valence-corrected chi connectivity index (χ1v) is 10.4. The molecule has 1 aromatic heterocycles. The van der Waals surface area contributed by atoms with E-state index in [0.29, 0.717) is 17.6 Å². The zero-order chi connectivity index (χ0) is 18.1. The average molecular weight is 375 g/mol. The Kier molecular flexibility index (Phi) is 5.06. The van der Waals surface area contributed by atoms with Gasteiger partial charge in [0.25, 0.3) is 0 Å². The number of aromatic nitrogens is 3. The average Bonchev–Trinajstić information content (AvgIpc) is 3.34. The van der Waals surface area contributed by atoms with Gasteiger partial charge in [0.15, 0.2) is 11.0 Å². The van der Waals surface area contributed by atoms with Crippen LogP contribution in [0.15, 0.2) is 11.2 Å². The molecule has 140 valence electrons. The predicted molar refractivity (Wildman–Crippen MR) is 103 cm³/mol. The lowest BCUT2D eigenvalue weighted by molar-refractivity contribution is 0.414. The minimum Gasteiger partial charge on any atom is -0.322 e. The first-order valence-electron chi connectivity index (χ1n) is 9.28. The van der Waals surface area contributed by atoms with Gasteiger partial charge in [0.05, 0.1) is 0 Å². The van der Waals surface area contributed by atoms with Gasteiger partial charge in [-0.25, -0.2) is 14.0 Å². The van der Waals surface area contributed by atoms with Crippen molar-refractivity contribution >= 4 is 22.6 Å². The second-order valence-electron chi connectivity index (χ2n) is 7.29. The molecule has 3 N–H and O–H groups in total. The van der Waals surface area contributed by atoms with E-state index in [0.717, 1.165) is 32.2 Å². The van der Waals surface area contributed by atoms with E-state index in [1.54, 1.807) is 0 Å². The first kappa shape index (κ1) is 17.6. The third-order valence-corrected chi connectivity index (χ3v) is 6.14. The van der Waals surface area contributed by atoms with E-state index in [2.05, 4.69) is 31.3 Å². The van der Waals surface area contributed by atoms with Crippen LogP contribution in [0.5, 0.6) is 0 Å². The Morgan fingerprint density at radius 3 is 2.50 bits per heavy atom. The summed E-state index contributed by atoms with van der Waals surface area (Å²) in [7, 11) is 2.59. The van der Waals surface area contributed by atoms with E-state index in [1.165, 1.54) is 40.8 Å². The van der Waals surface area contributed by atoms with Gasteiger partial charge in [-0.15, -0.1) is 5.10 Å². The highest BCUT2D eigenvalue weighted by Crippen LogP contribution is 2.39. The molecule has 2 aliphatic carbocycles. The van der Waals surface area contributed by atoms with Crippen molar-refractivity contribution in [1.29, 1.82) is 0 Å². The number of aryl methyl sites for hydroxylation is 2. The van der Waals surface area contributed by atoms with Crippen LogP contribution in [0.4, 0.5) is 11.6 Å². The van der Waals surface area contributed by atoms with Crippen LogP contribution in [0.2, 0.25) is 0 Å². The molecule has 0 saturated heterocycles. The highest BCUT2D eigenvalue weighted by Gasteiger charge is 2.24. The molecule has 1 heterocycles. The van der Waals surface area contributed by atoms with Crippen molar-refractivity contribution in [3.63, 3.8) is 0 Å². The minimum atomic E-state index is -1.38. The zero-order valence-electron chi connectivity index (χ0n) is 15.4. The summed E-state index contributed by atoms with van der Waals surface area (Å²) in [6, 6.07) is 2.41. The molecule has 2 aromatic rings. The van der Waals surface area contributed by atoms with Crippen molar-refractivity contribution in [2.75, 3.05) is 32.5 Å². The van der Waals surface area contributed by atoms with E-state index in [4.69, 9.17) is 0 Å². The molecular formula is C18H26N6OS. The summed E-state index contributed by atoms with van der Waals surface area (Å²) < 4.78 is 15.2. The number of likely N-dealkylation sites (N-methyl/N-ethyl adjacent to an activating group) is 1. The van der Waals surface area contributed by atoms with Gasteiger partial charge in [-0.3, -0.25) is 0 Å². The van der Waals surface area contributed by atoms with Crippen LogP contribution in [-0.2, 0) is 36.7 Å². The topological polar surface area (TPSA) is 85.9 Å². The maximum Gasteiger partial charge on any atom is 0.247 e. The largest absolute Gasteiger partial charge is 0.322 e. The van der Waals surface area contributed by atoms with Crippen LogP contribution >= 0.6 is 0 Å². The SMILES string of the molecule is CN(C)CCNS(=O)c1nc(Nc2c3c(cc4c2CCC4)CCC3)n[nH]1. The van der Waals surface area contributed by atoms with E-state index in [9.17, 15) is 4.21 Å². The van der Waals surface area contributed by atoms with Crippen LogP contribution in [0.1, 0.15) is 35.1 Å². The summed E-state index contributed by atoms with van der Waals surface area (Å²) in [4.78, 5) is 6.44. The molecule has 0 aliphatic heterocycles. The fraction of sp³-hybridized carbons (Fsp3) is 0.556. The van der Waals surface area contributed by atoms with Crippen molar-refractivity contribution in [2.45, 2.75) is 43.7 Å². The third-order valence-electron chi connectivity index (χ3n) is 5.14. The summed E-state index contributed by atoms with van der Waals surface area (Å²) >= 11 is 0. The molecule has 8 heteroatoms. The number of nitrogens with zero attached hydrogens (tertiary/aromatic N) is 3. The highest BCUT2D eigenvalue weighted by atomic mass is 32.2. The van der Waals surface area contributed by atoms with Crippen LogP contribution in [0.25, 0.3) is 0 Å². The Morgan fingerprint density at radius 1 is 1.15 bits per heavy atom. The molecule has 0 amide bonds. The lowest BCUT2D eigenvalue weighted by Crippen LogP contribution is -2.28. The van der Waals surface area contributed by atoms with Gasteiger partial charge >= 0.3 is 0 Å². The molecular weight excluding hydrogens is 348 g/mol. The number of hydrogen-bond acceptors (Lipinski definition) is 5. The lowest BCUT2D eigenvalue weighted by atomic mass is 9.99. The van der Waals surface area contributed by atoms with E-state index >= 15 is 0 Å². The molecule has 0 bridgehead atoms. The van der Waals surface area contributed by atoms with Gasteiger partial charge in [-0.05, 0) is 74.9 Å². The number of aromatic amines is 1. The Labute approximate surface area is 156 Å². The van der Waals surface area contributed by atoms with Gasteiger partial charge in [-0.2, -0.15) is 4.98 Å². The van der Waals surface area contributed by atoms with Crippen LogP contribution < -0.4 is 10.0 Å². The zero-order valence-corrected chi connectivity index (χ0v) is 16.2. The van der Waals surface area contributed by atoms with Gasteiger partial charge in [0.2, 0.25) is 11.1 Å². The monoisotopic (exact) mass is 374 g/mol. The van der Waals surface area contributed by atoms with Gasteiger partial charge in [0, 0.05) is 18.8 Å². The van der Waals surface area contributed by atoms with Crippen molar-refractivity contribution in [3.05, 3.63) is 28.3 Å². The molecule has 2 aliphatic rings. The molecule has 1 atom stereocenters. The Hall–Kier alpha value is -1.77. The molecule has 0 saturated carbocycles. The number of nitrogens with one attached hydrogen (secondary N) is 3. The van der Waals surface area contributed by atoms with E-state index < -0.39 is 11.0 Å². The molecule has 0 spiro atoms. The van der Waals surface area contributed by atoms with Crippen molar-refractivity contribution in [1.82, 2.24) is 24.8 Å². The Bertz CT molecular complexity index is 799. The number of hydrogen-bond donors (Lipinski definition) is 3. The van der Waals surface area contributed by atoms with E-state index in [-0.39, 0.29) is 0 Å². The van der Waals surface area contributed by atoms with Crippen molar-refractivity contribution in [2.24, 2.45) is 0 Å².